The van der Waals surface area contributed by atoms with Crippen molar-refractivity contribution in [3.05, 3.63) is 29.8 Å². The van der Waals surface area contributed by atoms with Gasteiger partial charge >= 0.3 is 0 Å². The number of guanidine groups is 1. The summed E-state index contributed by atoms with van der Waals surface area (Å²) >= 11 is 1.39. The Labute approximate surface area is 287 Å². The third-order valence-electron chi connectivity index (χ3n) is 8.48. The van der Waals surface area contributed by atoms with E-state index in [4.69, 9.17) is 17.2 Å². The van der Waals surface area contributed by atoms with Gasteiger partial charge in [0.25, 0.3) is 0 Å². The minimum Gasteiger partial charge on any atom is -0.508 e. The molecule has 1 aliphatic rings. The fourth-order valence-electron chi connectivity index (χ4n) is 5.37. The Kier molecular flexibility index (Phi) is 18.6. The van der Waals surface area contributed by atoms with E-state index in [2.05, 4.69) is 26.3 Å². The molecular weight excluding hydrogens is 636 g/mol. The molecule has 2 rings (SSSR count). The van der Waals surface area contributed by atoms with Crippen molar-refractivity contribution in [2.45, 2.75) is 83.3 Å². The molecular formula is C33H54N8O6S. The van der Waals surface area contributed by atoms with Crippen LogP contribution in [0.4, 0.5) is 0 Å². The number of carbonyl (C=O) groups excluding carboxylic acids is 5. The van der Waals surface area contributed by atoms with Crippen LogP contribution < -0.4 is 38.5 Å². The second-order valence-corrected chi connectivity index (χ2v) is 13.4. The molecule has 268 valence electrons. The lowest BCUT2D eigenvalue weighted by Crippen LogP contribution is -2.50. The third kappa shape index (κ3) is 15.9. The number of Topliss-reactive ketones (excluding diaryl/α,β-unsaturated/α-hetero) is 2. The van der Waals surface area contributed by atoms with Gasteiger partial charge in [-0.3, -0.25) is 29.0 Å². The van der Waals surface area contributed by atoms with Gasteiger partial charge in [0.05, 0.1) is 30.4 Å². The second kappa shape index (κ2) is 22.0. The number of aromatic hydroxyl groups is 1. The van der Waals surface area contributed by atoms with E-state index in [1.165, 1.54) is 11.8 Å². The van der Waals surface area contributed by atoms with Crippen molar-refractivity contribution in [2.75, 3.05) is 37.7 Å². The van der Waals surface area contributed by atoms with Crippen LogP contribution in [0.25, 0.3) is 0 Å². The van der Waals surface area contributed by atoms with Crippen LogP contribution in [0.2, 0.25) is 0 Å². The zero-order chi connectivity index (χ0) is 35.5. The number of primary amides is 1. The number of nitrogens with two attached hydrogens (primary N) is 3. The van der Waals surface area contributed by atoms with E-state index < -0.39 is 24.0 Å². The smallest absolute Gasteiger partial charge is 0.234 e. The molecule has 1 heterocycles. The maximum atomic E-state index is 13.6. The fraction of sp³-hybridized carbons (Fsp3) is 0.636. The molecule has 0 saturated carbocycles. The number of amides is 3. The fourth-order valence-corrected chi connectivity index (χ4v) is 6.21. The van der Waals surface area contributed by atoms with Gasteiger partial charge in [0, 0.05) is 25.9 Å². The standard InChI is InChI=1S/C33H54N8O6S/c1-3-21(2)31-28(44)19-40-25(13-16-48-20-30(46)37-15-12-29(45)41-31)27(43)11-8-23(5-4-14-38-33(35)36)18-39-26(32(34)47)17-22-6-9-24(42)10-7-22/h6-7,9-10,21,23,25-26,31,39-40,42H,3-5,8,11-20H2,1-2H3,(H2,34,47)(H,37,46)(H,41,45)(H4,35,36,38)/t21-,23+,25-,26-,31-/m0/s1. The Bertz CT molecular complexity index is 1230. The van der Waals surface area contributed by atoms with Crippen molar-refractivity contribution < 1.29 is 29.1 Å². The number of aliphatic imine (C=N–C) groups is 1. The van der Waals surface area contributed by atoms with E-state index in [0.29, 0.717) is 57.4 Å². The summed E-state index contributed by atoms with van der Waals surface area (Å²) < 4.78 is 0. The summed E-state index contributed by atoms with van der Waals surface area (Å²) in [6, 6.07) is 4.57. The van der Waals surface area contributed by atoms with Crippen LogP contribution in [0.15, 0.2) is 29.3 Å². The quantitative estimate of drug-likeness (QED) is 0.0657. The first-order valence-corrected chi connectivity index (χ1v) is 17.8. The molecule has 0 aliphatic carbocycles. The van der Waals surface area contributed by atoms with E-state index >= 15 is 0 Å². The summed E-state index contributed by atoms with van der Waals surface area (Å²) in [6.07, 6.45) is 3.58. The summed E-state index contributed by atoms with van der Waals surface area (Å²) in [5.74, 6) is -0.556. The molecule has 1 aromatic rings. The maximum absolute atomic E-state index is 13.6. The molecule has 14 nitrogen and oxygen atoms in total. The lowest BCUT2D eigenvalue weighted by molar-refractivity contribution is -0.129. The number of phenolic OH excluding ortho intramolecular Hbond substituents is 1. The highest BCUT2D eigenvalue weighted by Crippen LogP contribution is 2.18. The van der Waals surface area contributed by atoms with E-state index in [0.717, 1.165) is 5.56 Å². The SMILES string of the molecule is CC[C@H](C)[C@@H]1NC(=O)CCNC(=O)CSCC[C@@H](C(=O)CC[C@@H](CCCN=C(N)N)CN[C@@H](Cc2ccc(O)cc2)C(N)=O)NCC1=O. The molecule has 48 heavy (non-hydrogen) atoms. The first-order valence-electron chi connectivity index (χ1n) is 16.7. The van der Waals surface area contributed by atoms with Gasteiger partial charge in [-0.1, -0.05) is 32.4 Å². The molecule has 1 saturated heterocycles. The largest absolute Gasteiger partial charge is 0.508 e. The number of carbonyl (C=O) groups is 5. The normalized spacial score (nSPS) is 20.2. The van der Waals surface area contributed by atoms with Crippen LogP contribution in [0.3, 0.4) is 0 Å². The van der Waals surface area contributed by atoms with Crippen LogP contribution in [-0.4, -0.2) is 96.2 Å². The zero-order valence-corrected chi connectivity index (χ0v) is 29.0. The molecule has 11 N–H and O–H groups in total. The van der Waals surface area contributed by atoms with Gasteiger partial charge in [-0.25, -0.2) is 0 Å². The van der Waals surface area contributed by atoms with E-state index in [9.17, 15) is 29.1 Å². The number of hydrogen-bond donors (Lipinski definition) is 8. The van der Waals surface area contributed by atoms with E-state index in [-0.39, 0.29) is 78.6 Å². The van der Waals surface area contributed by atoms with Crippen LogP contribution in [0, 0.1) is 11.8 Å². The molecule has 0 unspecified atom stereocenters. The Hall–Kier alpha value is -3.69. The van der Waals surface area contributed by atoms with Crippen molar-refractivity contribution in [3.63, 3.8) is 0 Å². The lowest BCUT2D eigenvalue weighted by Gasteiger charge is -2.25. The van der Waals surface area contributed by atoms with Crippen molar-refractivity contribution in [1.29, 1.82) is 0 Å². The molecule has 1 fully saturated rings. The predicted molar refractivity (Wildman–Crippen MR) is 188 cm³/mol. The van der Waals surface area contributed by atoms with Crippen molar-refractivity contribution >= 4 is 47.0 Å². The maximum Gasteiger partial charge on any atom is 0.234 e. The Balaban J connectivity index is 2.13. The van der Waals surface area contributed by atoms with Gasteiger partial charge in [0.2, 0.25) is 17.7 Å². The summed E-state index contributed by atoms with van der Waals surface area (Å²) in [7, 11) is 0. The van der Waals surface area contributed by atoms with Gasteiger partial charge in [0.15, 0.2) is 11.7 Å². The molecule has 1 aromatic carbocycles. The molecule has 15 heteroatoms. The number of hydrogen-bond acceptors (Lipinski definition) is 10. The van der Waals surface area contributed by atoms with Gasteiger partial charge in [0.1, 0.15) is 11.5 Å². The highest BCUT2D eigenvalue weighted by molar-refractivity contribution is 7.99. The van der Waals surface area contributed by atoms with Crippen molar-refractivity contribution in [2.24, 2.45) is 34.0 Å². The van der Waals surface area contributed by atoms with Gasteiger partial charge < -0.3 is 43.6 Å². The average molecular weight is 691 g/mol. The molecule has 0 aromatic heterocycles. The summed E-state index contributed by atoms with van der Waals surface area (Å²) in [4.78, 5) is 68.0. The number of nitrogens with zero attached hydrogens (tertiary/aromatic N) is 1. The molecule has 1 aliphatic heterocycles. The third-order valence-corrected chi connectivity index (χ3v) is 9.47. The predicted octanol–water partition coefficient (Wildman–Crippen LogP) is 0.0987. The average Bonchev–Trinajstić information content (AvgIpc) is 3.05. The summed E-state index contributed by atoms with van der Waals surface area (Å²) in [5.41, 5.74) is 17.5. The van der Waals surface area contributed by atoms with Gasteiger partial charge in [-0.05, 0) is 73.9 Å². The number of thioether (sulfide) groups is 1. The molecule has 0 spiro atoms. The number of nitrogens with one attached hydrogen (secondary N) is 4. The summed E-state index contributed by atoms with van der Waals surface area (Å²) in [6.45, 7) is 4.79. The van der Waals surface area contributed by atoms with E-state index in [1.807, 2.05) is 13.8 Å². The highest BCUT2D eigenvalue weighted by Gasteiger charge is 2.28. The van der Waals surface area contributed by atoms with Gasteiger partial charge in [-0.2, -0.15) is 11.8 Å². The zero-order valence-electron chi connectivity index (χ0n) is 28.2. The van der Waals surface area contributed by atoms with Crippen molar-refractivity contribution in [1.82, 2.24) is 21.3 Å². The topological polar surface area (TPSA) is 244 Å². The Morgan fingerprint density at radius 1 is 1.10 bits per heavy atom. The Morgan fingerprint density at radius 2 is 1.83 bits per heavy atom. The first kappa shape index (κ1) is 40.5. The second-order valence-electron chi connectivity index (χ2n) is 12.3. The molecule has 0 radical (unpaired) electrons. The van der Waals surface area contributed by atoms with Gasteiger partial charge in [-0.15, -0.1) is 0 Å². The minimum absolute atomic E-state index is 0.00176. The minimum atomic E-state index is -0.707. The number of rotatable bonds is 16. The first-order chi connectivity index (χ1) is 22.9. The molecule has 0 bridgehead atoms. The number of phenols is 1. The highest BCUT2D eigenvalue weighted by atomic mass is 32.2. The number of benzene rings is 1. The van der Waals surface area contributed by atoms with E-state index in [1.54, 1.807) is 24.3 Å². The summed E-state index contributed by atoms with van der Waals surface area (Å²) in [5, 5.41) is 21.6. The van der Waals surface area contributed by atoms with Crippen molar-refractivity contribution in [3.8, 4) is 5.75 Å². The van der Waals surface area contributed by atoms with Crippen LogP contribution in [0.5, 0.6) is 5.75 Å². The number of ketones is 2. The lowest BCUT2D eigenvalue weighted by atomic mass is 9.92. The molecule has 3 amide bonds. The van der Waals surface area contributed by atoms with Crippen LogP contribution >= 0.6 is 11.8 Å². The molecule has 5 atom stereocenters. The van der Waals surface area contributed by atoms with Crippen LogP contribution in [0.1, 0.15) is 64.4 Å². The monoisotopic (exact) mass is 690 g/mol. The Morgan fingerprint density at radius 3 is 2.50 bits per heavy atom. The van der Waals surface area contributed by atoms with Crippen LogP contribution in [-0.2, 0) is 30.4 Å².